The van der Waals surface area contributed by atoms with Crippen LogP contribution in [0.3, 0.4) is 0 Å². The van der Waals surface area contributed by atoms with E-state index in [1.165, 1.54) is 0 Å². The third kappa shape index (κ3) is 3.37. The molecule has 4 nitrogen and oxygen atoms in total. The van der Waals surface area contributed by atoms with E-state index in [-0.39, 0.29) is 16.9 Å². The average molecular weight is 259 g/mol. The zero-order chi connectivity index (χ0) is 12.3. The fraction of sp³-hybridized carbons (Fsp3) is 0.429. The molecule has 0 atom stereocenters. The van der Waals surface area contributed by atoms with Gasteiger partial charge in [-0.25, -0.2) is 13.8 Å². The van der Waals surface area contributed by atoms with Gasteiger partial charge >= 0.3 is 12.3 Å². The number of nitrogen functional groups attached to an aromatic ring is 1. The number of hydrogen-bond donors (Lipinski definition) is 2. The van der Waals surface area contributed by atoms with Crippen molar-refractivity contribution in [3.05, 3.63) is 11.2 Å². The summed E-state index contributed by atoms with van der Waals surface area (Å²) in [4.78, 5) is 6.96. The van der Waals surface area contributed by atoms with Gasteiger partial charge in [-0.05, 0) is 0 Å². The molecule has 16 heavy (non-hydrogen) atoms. The Kier molecular flexibility index (Phi) is 3.74. The first kappa shape index (κ1) is 12.8. The number of rotatable bonds is 4. The Labute approximate surface area is 92.8 Å². The highest BCUT2D eigenvalue weighted by atomic mass is 35.5. The van der Waals surface area contributed by atoms with Crippen molar-refractivity contribution in [2.75, 3.05) is 17.6 Å². The van der Waals surface area contributed by atoms with Crippen LogP contribution in [0.2, 0.25) is 5.15 Å². The molecule has 0 amide bonds. The first-order chi connectivity index (χ1) is 7.31. The first-order valence-corrected chi connectivity index (χ1v) is 4.39. The quantitative estimate of drug-likeness (QED) is 0.641. The molecule has 0 fully saturated rings. The third-order valence-corrected chi connectivity index (χ3v) is 1.73. The minimum atomic E-state index is -4.15. The molecule has 0 aromatic carbocycles. The number of aromatic nitrogens is 2. The first-order valence-electron chi connectivity index (χ1n) is 4.01. The summed E-state index contributed by atoms with van der Waals surface area (Å²) in [5.74, 6) is -4.53. The average Bonchev–Trinajstić information content (AvgIpc) is 2.13. The van der Waals surface area contributed by atoms with Crippen LogP contribution in [0.15, 0.2) is 6.07 Å². The van der Waals surface area contributed by atoms with E-state index in [2.05, 4.69) is 9.97 Å². The zero-order valence-corrected chi connectivity index (χ0v) is 8.48. The van der Waals surface area contributed by atoms with Gasteiger partial charge in [-0.1, -0.05) is 11.6 Å². The highest BCUT2D eigenvalue weighted by Crippen LogP contribution is 2.23. The standard InChI is InChI=1S/C7H7ClF4N4/c8-3-1-4(16-6(13)15-3)14-2-7(11,12)5(9)10/h1,5H,2H2,(H3,13,14,15,16). The Morgan fingerprint density at radius 3 is 2.56 bits per heavy atom. The van der Waals surface area contributed by atoms with Gasteiger partial charge in [-0.3, -0.25) is 0 Å². The van der Waals surface area contributed by atoms with Gasteiger partial charge in [0.05, 0.1) is 6.54 Å². The largest absolute Gasteiger partial charge is 0.368 e. The Morgan fingerprint density at radius 2 is 2.06 bits per heavy atom. The topological polar surface area (TPSA) is 63.8 Å². The maximum atomic E-state index is 12.5. The van der Waals surface area contributed by atoms with Gasteiger partial charge in [0, 0.05) is 6.07 Å². The van der Waals surface area contributed by atoms with Crippen LogP contribution in [0.5, 0.6) is 0 Å². The second-order valence-electron chi connectivity index (χ2n) is 2.85. The number of alkyl halides is 4. The number of nitrogens with one attached hydrogen (secondary N) is 1. The lowest BCUT2D eigenvalue weighted by molar-refractivity contribution is -0.117. The third-order valence-electron chi connectivity index (χ3n) is 1.54. The van der Waals surface area contributed by atoms with Crippen molar-refractivity contribution in [1.82, 2.24) is 9.97 Å². The molecule has 1 aromatic rings. The Bertz CT molecular complexity index is 353. The maximum Gasteiger partial charge on any atom is 0.324 e. The molecule has 0 bridgehead atoms. The lowest BCUT2D eigenvalue weighted by atomic mass is 10.3. The van der Waals surface area contributed by atoms with Crippen LogP contribution in [-0.4, -0.2) is 28.9 Å². The van der Waals surface area contributed by atoms with E-state index in [1.54, 1.807) is 0 Å². The van der Waals surface area contributed by atoms with Crippen molar-refractivity contribution in [2.24, 2.45) is 0 Å². The summed E-state index contributed by atoms with van der Waals surface area (Å²) in [7, 11) is 0. The molecule has 0 saturated carbocycles. The second kappa shape index (κ2) is 4.69. The van der Waals surface area contributed by atoms with E-state index in [4.69, 9.17) is 17.3 Å². The summed E-state index contributed by atoms with van der Waals surface area (Å²) >= 11 is 5.46. The lowest BCUT2D eigenvalue weighted by Gasteiger charge is -2.16. The molecule has 9 heteroatoms. The summed E-state index contributed by atoms with van der Waals surface area (Å²) in [5, 5.41) is 1.93. The van der Waals surface area contributed by atoms with Gasteiger partial charge in [0.2, 0.25) is 5.95 Å². The van der Waals surface area contributed by atoms with E-state index in [1.807, 2.05) is 5.32 Å². The summed E-state index contributed by atoms with van der Waals surface area (Å²) in [5.41, 5.74) is 5.18. The summed E-state index contributed by atoms with van der Waals surface area (Å²) in [6, 6.07) is 1.10. The number of anilines is 2. The molecule has 0 aliphatic carbocycles. The van der Waals surface area contributed by atoms with Crippen molar-refractivity contribution in [3.63, 3.8) is 0 Å². The molecular weight excluding hydrogens is 252 g/mol. The van der Waals surface area contributed by atoms with Gasteiger partial charge in [-0.15, -0.1) is 0 Å². The molecule has 90 valence electrons. The molecule has 0 saturated heterocycles. The molecule has 0 aliphatic heterocycles. The SMILES string of the molecule is Nc1nc(Cl)cc(NCC(F)(F)C(F)F)n1. The van der Waals surface area contributed by atoms with Crippen molar-refractivity contribution in [2.45, 2.75) is 12.3 Å². The van der Waals surface area contributed by atoms with Gasteiger partial charge in [-0.2, -0.15) is 13.8 Å². The lowest BCUT2D eigenvalue weighted by Crippen LogP contribution is -2.35. The van der Waals surface area contributed by atoms with Crippen molar-refractivity contribution in [1.29, 1.82) is 0 Å². The van der Waals surface area contributed by atoms with Crippen molar-refractivity contribution in [3.8, 4) is 0 Å². The van der Waals surface area contributed by atoms with Gasteiger partial charge < -0.3 is 11.1 Å². The van der Waals surface area contributed by atoms with E-state index in [0.29, 0.717) is 0 Å². The summed E-state index contributed by atoms with van der Waals surface area (Å²) < 4.78 is 48.6. The smallest absolute Gasteiger partial charge is 0.324 e. The molecule has 1 aromatic heterocycles. The van der Waals surface area contributed by atoms with Crippen LogP contribution in [0, 0.1) is 0 Å². The van der Waals surface area contributed by atoms with E-state index < -0.39 is 18.9 Å². The highest BCUT2D eigenvalue weighted by Gasteiger charge is 2.40. The highest BCUT2D eigenvalue weighted by molar-refractivity contribution is 6.29. The van der Waals surface area contributed by atoms with Crippen LogP contribution in [0.25, 0.3) is 0 Å². The van der Waals surface area contributed by atoms with Gasteiger partial charge in [0.15, 0.2) is 0 Å². The van der Waals surface area contributed by atoms with Crippen molar-refractivity contribution < 1.29 is 17.6 Å². The zero-order valence-electron chi connectivity index (χ0n) is 7.72. The number of nitrogens with two attached hydrogens (primary N) is 1. The summed E-state index contributed by atoms with van der Waals surface area (Å²) in [6.07, 6.45) is -3.75. The minimum Gasteiger partial charge on any atom is -0.368 e. The molecule has 3 N–H and O–H groups in total. The Hall–Kier alpha value is -1.31. The number of hydrogen-bond acceptors (Lipinski definition) is 4. The molecule has 1 rings (SSSR count). The predicted molar refractivity (Wildman–Crippen MR) is 50.9 cm³/mol. The van der Waals surface area contributed by atoms with Crippen LogP contribution < -0.4 is 11.1 Å². The fourth-order valence-electron chi connectivity index (χ4n) is 0.811. The molecule has 0 radical (unpaired) electrons. The molecule has 0 spiro atoms. The van der Waals surface area contributed by atoms with Crippen LogP contribution >= 0.6 is 11.6 Å². The monoisotopic (exact) mass is 258 g/mol. The fourth-order valence-corrected chi connectivity index (χ4v) is 1.00. The van der Waals surface area contributed by atoms with Crippen LogP contribution in [-0.2, 0) is 0 Å². The normalized spacial score (nSPS) is 11.9. The molecule has 0 unspecified atom stereocenters. The maximum absolute atomic E-state index is 12.5. The molecular formula is C7H7ClF4N4. The van der Waals surface area contributed by atoms with E-state index in [0.717, 1.165) is 6.07 Å². The van der Waals surface area contributed by atoms with Crippen LogP contribution in [0.4, 0.5) is 29.3 Å². The second-order valence-corrected chi connectivity index (χ2v) is 3.24. The molecule has 0 aliphatic rings. The van der Waals surface area contributed by atoms with E-state index >= 15 is 0 Å². The number of nitrogens with zero attached hydrogens (tertiary/aromatic N) is 2. The Balaban J connectivity index is 2.68. The summed E-state index contributed by atoms with van der Waals surface area (Å²) in [6.45, 7) is -1.27. The predicted octanol–water partition coefficient (Wildman–Crippen LogP) is 2.02. The van der Waals surface area contributed by atoms with Crippen molar-refractivity contribution >= 4 is 23.4 Å². The number of halogens is 5. The van der Waals surface area contributed by atoms with Gasteiger partial charge in [0.25, 0.3) is 0 Å². The van der Waals surface area contributed by atoms with Gasteiger partial charge in [0.1, 0.15) is 11.0 Å². The van der Waals surface area contributed by atoms with E-state index in [9.17, 15) is 17.6 Å². The molecule has 1 heterocycles. The Morgan fingerprint density at radius 1 is 1.44 bits per heavy atom. The van der Waals surface area contributed by atoms with Crippen LogP contribution in [0.1, 0.15) is 0 Å². The minimum absolute atomic E-state index is 0.0737.